The van der Waals surface area contributed by atoms with Crippen molar-refractivity contribution < 1.29 is 9.84 Å². The molecule has 0 amide bonds. The average molecular weight is 287 g/mol. The summed E-state index contributed by atoms with van der Waals surface area (Å²) in [6.07, 6.45) is 2.30. The Bertz CT molecular complexity index is 708. The summed E-state index contributed by atoms with van der Waals surface area (Å²) >= 11 is 0. The second-order valence-electron chi connectivity index (χ2n) is 5.08. The molecule has 110 valence electrons. The minimum atomic E-state index is -0.379. The maximum Gasteiger partial charge on any atom is 0.275 e. The maximum atomic E-state index is 12.0. The van der Waals surface area contributed by atoms with E-state index in [2.05, 4.69) is 10.4 Å². The molecular weight excluding hydrogens is 270 g/mol. The molecule has 6 heteroatoms. The van der Waals surface area contributed by atoms with Crippen molar-refractivity contribution in [2.45, 2.75) is 25.4 Å². The van der Waals surface area contributed by atoms with E-state index in [1.54, 1.807) is 31.4 Å². The highest BCUT2D eigenvalue weighted by Gasteiger charge is 2.21. The first-order valence-electron chi connectivity index (χ1n) is 6.87. The van der Waals surface area contributed by atoms with Crippen molar-refractivity contribution in [1.29, 1.82) is 0 Å². The molecule has 1 aromatic heterocycles. The van der Waals surface area contributed by atoms with E-state index in [0.717, 1.165) is 12.8 Å². The third-order valence-electron chi connectivity index (χ3n) is 3.42. The molecule has 0 aliphatic heterocycles. The van der Waals surface area contributed by atoms with Crippen LogP contribution in [-0.4, -0.2) is 28.0 Å². The van der Waals surface area contributed by atoms with Crippen LogP contribution in [0, 0.1) is 0 Å². The van der Waals surface area contributed by atoms with Crippen LogP contribution in [0.1, 0.15) is 18.5 Å². The summed E-state index contributed by atoms with van der Waals surface area (Å²) in [4.78, 5) is 12.0. The van der Waals surface area contributed by atoms with Crippen LogP contribution < -0.4 is 15.6 Å². The molecule has 3 rings (SSSR count). The Morgan fingerprint density at radius 2 is 2.24 bits per heavy atom. The lowest BCUT2D eigenvalue weighted by atomic mass is 10.3. The van der Waals surface area contributed by atoms with Gasteiger partial charge in [-0.15, -0.1) is 0 Å². The fourth-order valence-electron chi connectivity index (χ4n) is 2.06. The van der Waals surface area contributed by atoms with Crippen LogP contribution in [-0.2, 0) is 6.54 Å². The summed E-state index contributed by atoms with van der Waals surface area (Å²) in [5, 5.41) is 17.4. The van der Waals surface area contributed by atoms with Gasteiger partial charge in [-0.25, -0.2) is 0 Å². The van der Waals surface area contributed by atoms with E-state index in [4.69, 9.17) is 4.74 Å². The summed E-state index contributed by atoms with van der Waals surface area (Å²) in [7, 11) is 1.57. The van der Waals surface area contributed by atoms with Crippen LogP contribution in [0.15, 0.2) is 35.1 Å². The molecule has 1 heterocycles. The Balaban J connectivity index is 1.95. The molecule has 0 saturated heterocycles. The van der Waals surface area contributed by atoms with Crippen LogP contribution >= 0.6 is 0 Å². The highest BCUT2D eigenvalue weighted by molar-refractivity contribution is 5.39. The van der Waals surface area contributed by atoms with Gasteiger partial charge in [0.1, 0.15) is 17.2 Å². The monoisotopic (exact) mass is 287 g/mol. The first-order chi connectivity index (χ1) is 10.2. The Kier molecular flexibility index (Phi) is 3.62. The lowest BCUT2D eigenvalue weighted by Gasteiger charge is -2.10. The van der Waals surface area contributed by atoms with Crippen molar-refractivity contribution in [1.82, 2.24) is 15.1 Å². The van der Waals surface area contributed by atoms with E-state index < -0.39 is 0 Å². The Morgan fingerprint density at radius 1 is 1.43 bits per heavy atom. The molecule has 21 heavy (non-hydrogen) atoms. The number of benzene rings is 1. The third-order valence-corrected chi connectivity index (χ3v) is 3.42. The number of methoxy groups -OCH3 is 1. The van der Waals surface area contributed by atoms with Crippen LogP contribution in [0.2, 0.25) is 0 Å². The van der Waals surface area contributed by atoms with Crippen molar-refractivity contribution in [3.05, 3.63) is 46.4 Å². The van der Waals surface area contributed by atoms with Gasteiger partial charge in [-0.3, -0.25) is 4.79 Å². The number of nitrogens with one attached hydrogen (secondary N) is 1. The van der Waals surface area contributed by atoms with Gasteiger partial charge < -0.3 is 15.2 Å². The van der Waals surface area contributed by atoms with Gasteiger partial charge in [0, 0.05) is 24.7 Å². The molecule has 6 nitrogen and oxygen atoms in total. The highest BCUT2D eigenvalue weighted by Crippen LogP contribution is 2.21. The van der Waals surface area contributed by atoms with Crippen LogP contribution in [0.4, 0.5) is 0 Å². The molecular formula is C15H17N3O3. The molecule has 2 N–H and O–H groups in total. The molecule has 1 aliphatic carbocycles. The molecule has 0 atom stereocenters. The molecule has 1 fully saturated rings. The molecule has 0 radical (unpaired) electrons. The zero-order chi connectivity index (χ0) is 14.8. The van der Waals surface area contributed by atoms with Crippen molar-refractivity contribution in [3.63, 3.8) is 0 Å². The number of rotatable bonds is 5. The van der Waals surface area contributed by atoms with E-state index in [9.17, 15) is 9.90 Å². The van der Waals surface area contributed by atoms with Gasteiger partial charge in [0.2, 0.25) is 0 Å². The van der Waals surface area contributed by atoms with Gasteiger partial charge >= 0.3 is 0 Å². The fourth-order valence-corrected chi connectivity index (χ4v) is 2.06. The number of hydrogen-bond donors (Lipinski definition) is 2. The van der Waals surface area contributed by atoms with E-state index in [-0.39, 0.29) is 11.3 Å². The molecule has 1 saturated carbocycles. The van der Waals surface area contributed by atoms with Crippen molar-refractivity contribution in [2.24, 2.45) is 0 Å². The number of ether oxygens (including phenoxy) is 1. The Labute approximate surface area is 122 Å². The predicted molar refractivity (Wildman–Crippen MR) is 77.9 cm³/mol. The molecule has 0 spiro atoms. The number of aromatic nitrogens is 2. The third kappa shape index (κ3) is 3.05. The predicted octanol–water partition coefficient (Wildman–Crippen LogP) is 1.20. The summed E-state index contributed by atoms with van der Waals surface area (Å²) in [5.74, 6) is 0.569. The van der Waals surface area contributed by atoms with Gasteiger partial charge in [-0.05, 0) is 25.0 Å². The van der Waals surface area contributed by atoms with Crippen molar-refractivity contribution in [2.75, 3.05) is 7.11 Å². The fraction of sp³-hybridized carbons (Fsp3) is 0.333. The molecule has 0 bridgehead atoms. The number of nitrogens with zero attached hydrogens (tertiary/aromatic N) is 2. The first-order valence-corrected chi connectivity index (χ1v) is 6.87. The zero-order valence-electron chi connectivity index (χ0n) is 11.7. The van der Waals surface area contributed by atoms with Crippen LogP contribution in [0.3, 0.4) is 0 Å². The summed E-state index contributed by atoms with van der Waals surface area (Å²) < 4.78 is 6.42. The molecule has 0 unspecified atom stereocenters. The zero-order valence-corrected chi connectivity index (χ0v) is 11.7. The lowest BCUT2D eigenvalue weighted by Crippen LogP contribution is -2.24. The quantitative estimate of drug-likeness (QED) is 0.864. The van der Waals surface area contributed by atoms with Gasteiger partial charge in [0.05, 0.1) is 12.8 Å². The average Bonchev–Trinajstić information content (AvgIpc) is 3.30. The van der Waals surface area contributed by atoms with Crippen molar-refractivity contribution in [3.8, 4) is 17.2 Å². The minimum absolute atomic E-state index is 0.0766. The van der Waals surface area contributed by atoms with E-state index in [1.807, 2.05) is 0 Å². The van der Waals surface area contributed by atoms with E-state index >= 15 is 0 Å². The Morgan fingerprint density at radius 3 is 2.95 bits per heavy atom. The largest absolute Gasteiger partial charge is 0.506 e. The second-order valence-corrected chi connectivity index (χ2v) is 5.08. The van der Waals surface area contributed by atoms with Gasteiger partial charge in [0.15, 0.2) is 0 Å². The van der Waals surface area contributed by atoms with E-state index in [1.165, 1.54) is 10.7 Å². The first kappa shape index (κ1) is 13.6. The smallest absolute Gasteiger partial charge is 0.275 e. The summed E-state index contributed by atoms with van der Waals surface area (Å²) in [6, 6.07) is 8.77. The second kappa shape index (κ2) is 5.57. The highest BCUT2D eigenvalue weighted by atomic mass is 16.5. The molecule has 1 aromatic carbocycles. The van der Waals surface area contributed by atoms with E-state index in [0.29, 0.717) is 29.7 Å². The van der Waals surface area contributed by atoms with Crippen molar-refractivity contribution >= 4 is 0 Å². The topological polar surface area (TPSA) is 76.4 Å². The summed E-state index contributed by atoms with van der Waals surface area (Å²) in [6.45, 7) is 0.445. The minimum Gasteiger partial charge on any atom is -0.506 e. The van der Waals surface area contributed by atoms with Gasteiger partial charge in [-0.2, -0.15) is 9.78 Å². The SMILES string of the molecule is COc1cccc(-n2nc(CNC3CC3)c(O)cc2=O)c1. The van der Waals surface area contributed by atoms with Crippen LogP contribution in [0.25, 0.3) is 5.69 Å². The number of aromatic hydroxyl groups is 1. The lowest BCUT2D eigenvalue weighted by molar-refractivity contribution is 0.414. The van der Waals surface area contributed by atoms with Crippen LogP contribution in [0.5, 0.6) is 11.5 Å². The Hall–Kier alpha value is -2.34. The summed E-state index contributed by atoms with van der Waals surface area (Å²) in [5.41, 5.74) is 0.687. The van der Waals surface area contributed by atoms with Gasteiger partial charge in [0.25, 0.3) is 5.56 Å². The molecule has 1 aliphatic rings. The molecule has 2 aromatic rings. The van der Waals surface area contributed by atoms with Gasteiger partial charge in [-0.1, -0.05) is 6.07 Å². The maximum absolute atomic E-state index is 12.0. The standard InChI is InChI=1S/C15H17N3O3/c1-21-12-4-2-3-11(7-12)18-15(20)8-14(19)13(17-18)9-16-10-5-6-10/h2-4,7-8,10,16,19H,5-6,9H2,1H3. The number of hydrogen-bond acceptors (Lipinski definition) is 5. The normalized spacial score (nSPS) is 14.1.